The Balaban J connectivity index is 2.22. The average Bonchev–Trinajstić information content (AvgIpc) is 2.70. The summed E-state index contributed by atoms with van der Waals surface area (Å²) in [6.45, 7) is 0.214. The minimum Gasteiger partial charge on any atom is -0.478 e. The Morgan fingerprint density at radius 1 is 1.26 bits per heavy atom. The third-order valence-corrected chi connectivity index (χ3v) is 2.90. The van der Waals surface area contributed by atoms with Crippen LogP contribution in [0.15, 0.2) is 30.5 Å². The predicted molar refractivity (Wildman–Crippen MR) is 64.2 cm³/mol. The third kappa shape index (κ3) is 3.07. The molecule has 0 fully saturated rings. The van der Waals surface area contributed by atoms with E-state index in [9.17, 15) is 18.0 Å². The van der Waals surface area contributed by atoms with Gasteiger partial charge in [0.05, 0.1) is 5.56 Å². The Bertz CT molecular complexity index is 601. The molecule has 0 saturated heterocycles. The summed E-state index contributed by atoms with van der Waals surface area (Å²) >= 11 is 0. The average molecular weight is 271 g/mol. The van der Waals surface area contributed by atoms with Gasteiger partial charge in [0, 0.05) is 30.1 Å². The number of aromatic carboxylic acids is 1. The molecule has 0 aliphatic heterocycles. The van der Waals surface area contributed by atoms with Gasteiger partial charge in [-0.1, -0.05) is 6.07 Å². The molecule has 2 rings (SSSR count). The van der Waals surface area contributed by atoms with Gasteiger partial charge in [0.25, 0.3) is 0 Å². The number of aryl methyl sites for hydroxylation is 1. The van der Waals surface area contributed by atoms with Crippen molar-refractivity contribution >= 4 is 16.9 Å². The first kappa shape index (κ1) is 13.5. The fourth-order valence-corrected chi connectivity index (χ4v) is 2.05. The molecule has 19 heavy (non-hydrogen) atoms. The standard InChI is InChI=1S/C13H12F3NO2/c14-13(15,16)6-2-7-17-8-5-9-10(12(18)19)3-1-4-11(9)17/h1,3-5,8H,2,6-7H2,(H,18,19). The van der Waals surface area contributed by atoms with Crippen molar-refractivity contribution in [2.75, 3.05) is 0 Å². The molecule has 0 amide bonds. The molecule has 0 bridgehead atoms. The first-order valence-electron chi connectivity index (χ1n) is 5.76. The molecule has 6 heteroatoms. The number of carbonyl (C=O) groups is 1. The Morgan fingerprint density at radius 3 is 2.63 bits per heavy atom. The lowest BCUT2D eigenvalue weighted by molar-refractivity contribution is -0.135. The minimum atomic E-state index is -4.16. The van der Waals surface area contributed by atoms with E-state index in [0.29, 0.717) is 10.9 Å². The van der Waals surface area contributed by atoms with Crippen molar-refractivity contribution in [3.8, 4) is 0 Å². The molecule has 1 heterocycles. The molecule has 0 aliphatic carbocycles. The van der Waals surface area contributed by atoms with Crippen molar-refractivity contribution in [3.63, 3.8) is 0 Å². The molecular formula is C13H12F3NO2. The smallest absolute Gasteiger partial charge is 0.389 e. The minimum absolute atomic E-state index is 0.0232. The van der Waals surface area contributed by atoms with Gasteiger partial charge < -0.3 is 9.67 Å². The molecule has 102 valence electrons. The van der Waals surface area contributed by atoms with Gasteiger partial charge in [0.2, 0.25) is 0 Å². The van der Waals surface area contributed by atoms with Crippen molar-refractivity contribution in [2.24, 2.45) is 0 Å². The summed E-state index contributed by atoms with van der Waals surface area (Å²) in [5.74, 6) is -1.04. The zero-order valence-electron chi connectivity index (χ0n) is 9.94. The summed E-state index contributed by atoms with van der Waals surface area (Å²) < 4.78 is 37.9. The normalized spacial score (nSPS) is 11.9. The Hall–Kier alpha value is -1.98. The molecule has 0 aliphatic rings. The van der Waals surface area contributed by atoms with E-state index in [0.717, 1.165) is 0 Å². The van der Waals surface area contributed by atoms with E-state index in [4.69, 9.17) is 5.11 Å². The van der Waals surface area contributed by atoms with E-state index in [1.165, 1.54) is 6.07 Å². The van der Waals surface area contributed by atoms with Gasteiger partial charge >= 0.3 is 12.1 Å². The fourth-order valence-electron chi connectivity index (χ4n) is 2.05. The van der Waals surface area contributed by atoms with Gasteiger partial charge in [0.1, 0.15) is 0 Å². The van der Waals surface area contributed by atoms with Crippen LogP contribution in [0.3, 0.4) is 0 Å². The largest absolute Gasteiger partial charge is 0.478 e. The number of hydrogen-bond acceptors (Lipinski definition) is 1. The van der Waals surface area contributed by atoms with Crippen LogP contribution in [0.1, 0.15) is 23.2 Å². The maximum atomic E-state index is 12.1. The molecular weight excluding hydrogens is 259 g/mol. The summed E-state index contributed by atoms with van der Waals surface area (Å²) in [7, 11) is 0. The number of benzene rings is 1. The maximum Gasteiger partial charge on any atom is 0.389 e. The summed E-state index contributed by atoms with van der Waals surface area (Å²) in [6, 6.07) is 6.39. The Morgan fingerprint density at radius 2 is 2.00 bits per heavy atom. The number of nitrogens with zero attached hydrogens (tertiary/aromatic N) is 1. The number of hydrogen-bond donors (Lipinski definition) is 1. The number of carboxylic acid groups (broad SMARTS) is 1. The van der Waals surface area contributed by atoms with E-state index < -0.39 is 18.6 Å². The summed E-state index contributed by atoms with van der Waals surface area (Å²) in [5.41, 5.74) is 0.800. The first-order valence-corrected chi connectivity index (χ1v) is 5.76. The van der Waals surface area contributed by atoms with Crippen LogP contribution in [-0.2, 0) is 6.54 Å². The maximum absolute atomic E-state index is 12.1. The van der Waals surface area contributed by atoms with Crippen LogP contribution in [0.4, 0.5) is 13.2 Å². The number of aromatic nitrogens is 1. The summed E-state index contributed by atoms with van der Waals surface area (Å²) in [6.07, 6.45) is -3.40. The highest BCUT2D eigenvalue weighted by atomic mass is 19.4. The number of fused-ring (bicyclic) bond motifs is 1. The van der Waals surface area contributed by atoms with Crippen LogP contribution < -0.4 is 0 Å². The lowest BCUT2D eigenvalue weighted by Gasteiger charge is -2.08. The molecule has 2 aromatic rings. The summed E-state index contributed by atoms with van der Waals surface area (Å²) in [5, 5.41) is 9.56. The zero-order chi connectivity index (χ0) is 14.0. The SMILES string of the molecule is O=C(O)c1cccc2c1ccn2CCCC(F)(F)F. The predicted octanol–water partition coefficient (Wildman–Crippen LogP) is 3.68. The zero-order valence-corrected chi connectivity index (χ0v) is 9.94. The van der Waals surface area contributed by atoms with Crippen LogP contribution in [0, 0.1) is 0 Å². The monoisotopic (exact) mass is 271 g/mol. The molecule has 0 atom stereocenters. The second kappa shape index (κ2) is 4.95. The molecule has 0 radical (unpaired) electrons. The molecule has 1 aromatic heterocycles. The van der Waals surface area contributed by atoms with Gasteiger partial charge in [-0.05, 0) is 24.6 Å². The lowest BCUT2D eigenvalue weighted by atomic mass is 10.1. The number of alkyl halides is 3. The molecule has 1 N–H and O–H groups in total. The van der Waals surface area contributed by atoms with Crippen molar-refractivity contribution in [1.82, 2.24) is 4.57 Å². The van der Waals surface area contributed by atoms with Crippen LogP contribution >= 0.6 is 0 Å². The van der Waals surface area contributed by atoms with E-state index >= 15 is 0 Å². The van der Waals surface area contributed by atoms with Crippen molar-refractivity contribution in [2.45, 2.75) is 25.6 Å². The highest BCUT2D eigenvalue weighted by molar-refractivity contribution is 6.02. The van der Waals surface area contributed by atoms with Gasteiger partial charge in [-0.2, -0.15) is 13.2 Å². The van der Waals surface area contributed by atoms with Crippen LogP contribution in [0.2, 0.25) is 0 Å². The highest BCUT2D eigenvalue weighted by Gasteiger charge is 2.26. The quantitative estimate of drug-likeness (QED) is 0.921. The van der Waals surface area contributed by atoms with Gasteiger partial charge in [0.15, 0.2) is 0 Å². The highest BCUT2D eigenvalue weighted by Crippen LogP contribution is 2.24. The Kier molecular flexibility index (Phi) is 3.50. The van der Waals surface area contributed by atoms with Gasteiger partial charge in [-0.25, -0.2) is 4.79 Å². The second-order valence-corrected chi connectivity index (χ2v) is 4.27. The Labute approximate surface area is 107 Å². The molecule has 1 aromatic carbocycles. The molecule has 3 nitrogen and oxygen atoms in total. The van der Waals surface area contributed by atoms with E-state index in [1.807, 2.05) is 0 Å². The van der Waals surface area contributed by atoms with Crippen molar-refractivity contribution < 1.29 is 23.1 Å². The van der Waals surface area contributed by atoms with Crippen LogP contribution in [-0.4, -0.2) is 21.8 Å². The molecule has 0 unspecified atom stereocenters. The van der Waals surface area contributed by atoms with Crippen LogP contribution in [0.25, 0.3) is 10.9 Å². The number of rotatable bonds is 4. The lowest BCUT2D eigenvalue weighted by Crippen LogP contribution is -2.09. The van der Waals surface area contributed by atoms with Gasteiger partial charge in [-0.15, -0.1) is 0 Å². The topological polar surface area (TPSA) is 42.2 Å². The van der Waals surface area contributed by atoms with E-state index in [1.54, 1.807) is 29.0 Å². The second-order valence-electron chi connectivity index (χ2n) is 4.27. The third-order valence-electron chi connectivity index (χ3n) is 2.90. The van der Waals surface area contributed by atoms with E-state index in [2.05, 4.69) is 0 Å². The number of carboxylic acids is 1. The summed E-state index contributed by atoms with van der Waals surface area (Å²) in [4.78, 5) is 11.0. The number of halogens is 3. The molecule has 0 saturated carbocycles. The first-order chi connectivity index (χ1) is 8.88. The van der Waals surface area contributed by atoms with Crippen LogP contribution in [0.5, 0.6) is 0 Å². The van der Waals surface area contributed by atoms with Crippen molar-refractivity contribution in [1.29, 1.82) is 0 Å². The molecule has 0 spiro atoms. The van der Waals surface area contributed by atoms with Crippen molar-refractivity contribution in [3.05, 3.63) is 36.0 Å². The fraction of sp³-hybridized carbons (Fsp3) is 0.308. The van der Waals surface area contributed by atoms with Gasteiger partial charge in [-0.3, -0.25) is 0 Å². The van der Waals surface area contributed by atoms with E-state index in [-0.39, 0.29) is 18.5 Å².